The lowest BCUT2D eigenvalue weighted by Crippen LogP contribution is -3.00. The van der Waals surface area contributed by atoms with Crippen LogP contribution < -0.4 is 9.27 Å². The molecule has 1 unspecified atom stereocenters. The highest BCUT2D eigenvalue weighted by Gasteiger charge is 2.36. The fourth-order valence-electron chi connectivity index (χ4n) is 2.73. The van der Waals surface area contributed by atoms with Crippen molar-refractivity contribution < 1.29 is 48.9 Å². The summed E-state index contributed by atoms with van der Waals surface area (Å²) in [5.41, 5.74) is -1.10. The molecule has 0 N–H and O–H groups in total. The second-order valence-electron chi connectivity index (χ2n) is 6.02. The zero-order valence-electron chi connectivity index (χ0n) is 15.1. The van der Waals surface area contributed by atoms with Crippen LogP contribution in [0.5, 0.6) is 0 Å². The van der Waals surface area contributed by atoms with Crippen molar-refractivity contribution >= 4 is 7.54 Å². The van der Waals surface area contributed by atoms with Crippen molar-refractivity contribution in [3.63, 3.8) is 0 Å². The van der Waals surface area contributed by atoms with Crippen LogP contribution in [0.25, 0.3) is 5.69 Å². The first-order valence-electron chi connectivity index (χ1n) is 8.11. The summed E-state index contributed by atoms with van der Waals surface area (Å²) in [6, 6.07) is -0.131. The van der Waals surface area contributed by atoms with E-state index in [4.69, 9.17) is 4.74 Å². The number of rotatable bonds is 3. The average molecular weight is 435 g/mol. The molecule has 2 atom stereocenters. The van der Waals surface area contributed by atoms with Crippen LogP contribution in [0.4, 0.5) is 34.9 Å². The maximum absolute atomic E-state index is 14.0. The third kappa shape index (κ3) is 5.03. The van der Waals surface area contributed by atoms with Crippen molar-refractivity contribution in [3.8, 4) is 5.69 Å². The molecule has 1 aliphatic heterocycles. The number of aromatic nitrogens is 3. The van der Waals surface area contributed by atoms with Gasteiger partial charge in [-0.15, -0.1) is 0 Å². The molecule has 3 rings (SSSR count). The van der Waals surface area contributed by atoms with Crippen molar-refractivity contribution in [2.75, 3.05) is 6.61 Å². The van der Waals surface area contributed by atoms with Gasteiger partial charge in [-0.2, -0.15) is 8.78 Å². The molecule has 0 aliphatic carbocycles. The molecule has 0 bridgehead atoms. The van der Waals surface area contributed by atoms with Crippen LogP contribution in [0.3, 0.4) is 0 Å². The van der Waals surface area contributed by atoms with E-state index in [1.165, 1.54) is 6.33 Å². The van der Waals surface area contributed by atoms with Crippen molar-refractivity contribution in [1.82, 2.24) is 9.78 Å². The summed E-state index contributed by atoms with van der Waals surface area (Å²) in [6.45, 7) is 4.44. The van der Waals surface area contributed by atoms with Crippen LogP contribution in [0.1, 0.15) is 32.1 Å². The van der Waals surface area contributed by atoms with E-state index in [1.807, 2.05) is 13.8 Å². The second-order valence-corrected chi connectivity index (χ2v) is 6.02. The van der Waals surface area contributed by atoms with E-state index >= 15 is 0 Å². The summed E-state index contributed by atoms with van der Waals surface area (Å²) in [5, 5.41) is 3.94. The SMILES string of the molecule is CCC(C)[C@H]1COCc2nn(-c3c(F)c(F)c(F)c(F)c3F)c[n+]21.FB(F)F.[F-]. The Morgan fingerprint density at radius 2 is 1.59 bits per heavy atom. The molecule has 2 aromatic rings. The molecule has 0 saturated carbocycles. The first-order chi connectivity index (χ1) is 13.1. The van der Waals surface area contributed by atoms with E-state index in [0.717, 1.165) is 6.42 Å². The molecule has 0 fully saturated rings. The molecular formula is C15H15BF9N3O. The Labute approximate surface area is 159 Å². The third-order valence-electron chi connectivity index (χ3n) is 4.35. The minimum Gasteiger partial charge on any atom is -1.00 e. The smallest absolute Gasteiger partial charge is 0.762 e. The van der Waals surface area contributed by atoms with E-state index in [-0.39, 0.29) is 23.3 Å². The Bertz CT molecular complexity index is 817. The lowest BCUT2D eigenvalue weighted by atomic mass is 9.99. The van der Waals surface area contributed by atoms with E-state index in [0.29, 0.717) is 17.1 Å². The number of ether oxygens (including phenoxy) is 1. The quantitative estimate of drug-likeness (QED) is 0.236. The van der Waals surface area contributed by atoms with Crippen LogP contribution in [0.2, 0.25) is 0 Å². The number of benzene rings is 1. The molecule has 14 heteroatoms. The molecule has 4 nitrogen and oxygen atoms in total. The molecule has 0 radical (unpaired) electrons. The maximum atomic E-state index is 14.0. The van der Waals surface area contributed by atoms with Crippen LogP contribution in [-0.4, -0.2) is 23.9 Å². The Kier molecular flexibility index (Phi) is 8.54. The van der Waals surface area contributed by atoms with Gasteiger partial charge in [0.05, 0.1) is 6.61 Å². The third-order valence-corrected chi connectivity index (χ3v) is 4.35. The molecule has 29 heavy (non-hydrogen) atoms. The van der Waals surface area contributed by atoms with Gasteiger partial charge in [0.25, 0.3) is 0 Å². The first-order valence-corrected chi connectivity index (χ1v) is 8.11. The summed E-state index contributed by atoms with van der Waals surface area (Å²) in [6.07, 6.45) is 2.07. The van der Waals surface area contributed by atoms with E-state index in [1.54, 1.807) is 4.57 Å². The molecular weight excluding hydrogens is 420 g/mol. The molecule has 0 amide bonds. The Balaban J connectivity index is 0.000000771. The van der Waals surface area contributed by atoms with E-state index in [9.17, 15) is 34.9 Å². The van der Waals surface area contributed by atoms with Gasteiger partial charge in [-0.25, -0.2) is 17.7 Å². The minimum atomic E-state index is -3.67. The highest BCUT2D eigenvalue weighted by molar-refractivity contribution is 6.33. The van der Waals surface area contributed by atoms with E-state index in [2.05, 4.69) is 5.10 Å². The predicted octanol–water partition coefficient (Wildman–Crippen LogP) is 0.857. The van der Waals surface area contributed by atoms with Crippen molar-refractivity contribution in [1.29, 1.82) is 0 Å². The molecule has 1 aromatic carbocycles. The van der Waals surface area contributed by atoms with Gasteiger partial charge in [-0.3, -0.25) is 12.9 Å². The van der Waals surface area contributed by atoms with Crippen molar-refractivity contribution in [3.05, 3.63) is 41.2 Å². The van der Waals surface area contributed by atoms with Gasteiger partial charge in [-0.05, 0) is 5.92 Å². The normalized spacial score (nSPS) is 16.3. The monoisotopic (exact) mass is 435 g/mol. The first kappa shape index (κ1) is 24.8. The van der Waals surface area contributed by atoms with Gasteiger partial charge < -0.3 is 9.44 Å². The van der Waals surface area contributed by atoms with Gasteiger partial charge in [0.2, 0.25) is 41.1 Å². The van der Waals surface area contributed by atoms with Gasteiger partial charge in [0, 0.05) is 5.10 Å². The fraction of sp³-hybridized carbons (Fsp3) is 0.467. The molecule has 1 aromatic heterocycles. The van der Waals surface area contributed by atoms with Gasteiger partial charge in [0.15, 0.2) is 0 Å². The van der Waals surface area contributed by atoms with Crippen LogP contribution in [0.15, 0.2) is 6.33 Å². The van der Waals surface area contributed by atoms with Crippen LogP contribution >= 0.6 is 0 Å². The minimum absolute atomic E-state index is 0. The molecule has 0 spiro atoms. The molecule has 0 saturated heterocycles. The number of nitrogens with zero attached hydrogens (tertiary/aromatic N) is 3. The Morgan fingerprint density at radius 1 is 1.10 bits per heavy atom. The lowest BCUT2D eigenvalue weighted by Gasteiger charge is -2.24. The molecule has 2 heterocycles. The second kappa shape index (κ2) is 9.99. The zero-order valence-corrected chi connectivity index (χ0v) is 15.1. The van der Waals surface area contributed by atoms with Crippen molar-refractivity contribution in [2.24, 2.45) is 5.92 Å². The Hall–Kier alpha value is -2.25. The average Bonchev–Trinajstić information content (AvgIpc) is 3.07. The maximum Gasteiger partial charge on any atom is 0.762 e. The zero-order chi connectivity index (χ0) is 21.2. The van der Waals surface area contributed by atoms with Gasteiger partial charge in [-0.1, -0.05) is 25.0 Å². The summed E-state index contributed by atoms with van der Waals surface area (Å²) in [4.78, 5) is 0. The number of hydrogen-bond donors (Lipinski definition) is 0. The van der Waals surface area contributed by atoms with Crippen LogP contribution in [0, 0.1) is 35.0 Å². The largest absolute Gasteiger partial charge is 1.00 e. The summed E-state index contributed by atoms with van der Waals surface area (Å²) in [7, 11) is -3.67. The predicted molar refractivity (Wildman–Crippen MR) is 80.8 cm³/mol. The molecule has 1 aliphatic rings. The highest BCUT2D eigenvalue weighted by Crippen LogP contribution is 2.26. The van der Waals surface area contributed by atoms with Gasteiger partial charge >= 0.3 is 13.4 Å². The summed E-state index contributed by atoms with van der Waals surface area (Å²) in [5.74, 6) is -9.51. The standard InChI is InChI=1S/C15H15F5N3O.BF3.FH/c1-3-7(2)8-4-24-5-9-21-23(6-22(8)9)15-13(19)11(17)10(16)12(18)14(15)20;2-1(3)4;/h6-8H,3-5H2,1-2H3;;1H/q+1;;/p-1/t7?,8-;;/m1../s1. The fourth-order valence-corrected chi connectivity index (χ4v) is 2.73. The summed E-state index contributed by atoms with van der Waals surface area (Å²) < 4.78 is 105. The number of hydrogen-bond acceptors (Lipinski definition) is 2. The highest BCUT2D eigenvalue weighted by atomic mass is 19.4. The lowest BCUT2D eigenvalue weighted by molar-refractivity contribution is -0.749. The molecule has 162 valence electrons. The topological polar surface area (TPSA) is 30.9 Å². The van der Waals surface area contributed by atoms with Crippen molar-refractivity contribution in [2.45, 2.75) is 32.9 Å². The van der Waals surface area contributed by atoms with E-state index < -0.39 is 42.3 Å². The number of fused-ring (bicyclic) bond motifs is 1. The summed E-state index contributed by atoms with van der Waals surface area (Å²) >= 11 is 0. The number of halogens is 9. The van der Waals surface area contributed by atoms with Crippen LogP contribution in [-0.2, 0) is 11.3 Å². The Morgan fingerprint density at radius 3 is 2.07 bits per heavy atom. The van der Waals surface area contributed by atoms with Gasteiger partial charge in [0.1, 0.15) is 12.6 Å².